The van der Waals surface area contributed by atoms with Crippen LogP contribution >= 0.6 is 11.6 Å². The minimum absolute atomic E-state index is 0.0201. The fourth-order valence-electron chi connectivity index (χ4n) is 2.23. The van der Waals surface area contributed by atoms with Crippen LogP contribution in [0.1, 0.15) is 12.8 Å². The molecule has 1 saturated heterocycles. The number of amides is 2. The van der Waals surface area contributed by atoms with Gasteiger partial charge in [-0.2, -0.15) is 0 Å². The van der Waals surface area contributed by atoms with Crippen molar-refractivity contribution in [2.75, 3.05) is 18.1 Å². The first-order valence-electron chi connectivity index (χ1n) is 7.00. The molecule has 0 bridgehead atoms. The predicted octanol–water partition coefficient (Wildman–Crippen LogP) is 0.691. The molecule has 2 N–H and O–H groups in total. The molecule has 2 rings (SSSR count). The zero-order chi connectivity index (χ0) is 16.9. The molecule has 23 heavy (non-hydrogen) atoms. The van der Waals surface area contributed by atoms with Crippen molar-refractivity contribution in [3.8, 4) is 5.75 Å². The summed E-state index contributed by atoms with van der Waals surface area (Å²) in [6.07, 6.45) is 0.538. The molecular weight excluding hydrogens is 344 g/mol. The molecule has 1 aliphatic heterocycles. The molecular formula is C14H17ClN2O5S. The first-order valence-corrected chi connectivity index (χ1v) is 9.20. The average molecular weight is 361 g/mol. The number of carbonyl (C=O) groups excluding carboxylic acids is 2. The zero-order valence-corrected chi connectivity index (χ0v) is 13.8. The maximum atomic E-state index is 11.7. The SMILES string of the molecule is O=C(COc1cccc(Cl)c1)NNC(=O)CC1CCS(=O)(=O)C1. The molecule has 2 amide bonds. The number of hydrazine groups is 1. The Morgan fingerprint density at radius 3 is 2.65 bits per heavy atom. The van der Waals surface area contributed by atoms with Gasteiger partial charge in [-0.1, -0.05) is 17.7 Å². The topological polar surface area (TPSA) is 102 Å². The van der Waals surface area contributed by atoms with E-state index in [2.05, 4.69) is 10.9 Å². The highest BCUT2D eigenvalue weighted by molar-refractivity contribution is 7.91. The fraction of sp³-hybridized carbons (Fsp3) is 0.429. The molecule has 1 atom stereocenters. The van der Waals surface area contributed by atoms with E-state index >= 15 is 0 Å². The van der Waals surface area contributed by atoms with Gasteiger partial charge in [0.2, 0.25) is 5.91 Å². The van der Waals surface area contributed by atoms with Gasteiger partial charge >= 0.3 is 0 Å². The van der Waals surface area contributed by atoms with E-state index in [1.807, 2.05) is 0 Å². The summed E-state index contributed by atoms with van der Waals surface area (Å²) in [5.74, 6) is -0.577. The lowest BCUT2D eigenvalue weighted by Gasteiger charge is -2.10. The highest BCUT2D eigenvalue weighted by atomic mass is 35.5. The molecule has 1 aliphatic rings. The number of sulfone groups is 1. The van der Waals surface area contributed by atoms with Gasteiger partial charge in [-0.15, -0.1) is 0 Å². The molecule has 126 valence electrons. The molecule has 1 aromatic rings. The summed E-state index contributed by atoms with van der Waals surface area (Å²) >= 11 is 5.78. The van der Waals surface area contributed by atoms with Crippen molar-refractivity contribution in [2.24, 2.45) is 5.92 Å². The van der Waals surface area contributed by atoms with Crippen LogP contribution in [0, 0.1) is 5.92 Å². The maximum Gasteiger partial charge on any atom is 0.276 e. The van der Waals surface area contributed by atoms with Gasteiger partial charge in [0.1, 0.15) is 5.75 Å². The van der Waals surface area contributed by atoms with Crippen molar-refractivity contribution in [3.05, 3.63) is 29.3 Å². The smallest absolute Gasteiger partial charge is 0.276 e. The minimum atomic E-state index is -3.01. The van der Waals surface area contributed by atoms with Gasteiger partial charge in [0.25, 0.3) is 5.91 Å². The number of halogens is 1. The second kappa shape index (κ2) is 7.65. The second-order valence-electron chi connectivity index (χ2n) is 5.32. The number of nitrogens with one attached hydrogen (secondary N) is 2. The van der Waals surface area contributed by atoms with Gasteiger partial charge in [0.15, 0.2) is 16.4 Å². The van der Waals surface area contributed by atoms with Gasteiger partial charge in [0, 0.05) is 11.4 Å². The largest absolute Gasteiger partial charge is 0.484 e. The lowest BCUT2D eigenvalue weighted by molar-refractivity contribution is -0.130. The molecule has 0 saturated carbocycles. The number of benzene rings is 1. The Morgan fingerprint density at radius 2 is 2.00 bits per heavy atom. The lowest BCUT2D eigenvalue weighted by Crippen LogP contribution is -2.44. The van der Waals surface area contributed by atoms with E-state index in [4.69, 9.17) is 16.3 Å². The third-order valence-electron chi connectivity index (χ3n) is 3.31. The average Bonchev–Trinajstić information content (AvgIpc) is 2.82. The van der Waals surface area contributed by atoms with Crippen LogP contribution in [0.3, 0.4) is 0 Å². The quantitative estimate of drug-likeness (QED) is 0.752. The van der Waals surface area contributed by atoms with E-state index in [1.54, 1.807) is 24.3 Å². The van der Waals surface area contributed by atoms with E-state index < -0.39 is 21.7 Å². The number of rotatable bonds is 5. The Kier molecular flexibility index (Phi) is 5.84. The van der Waals surface area contributed by atoms with Crippen LogP contribution in [0.2, 0.25) is 5.02 Å². The number of carbonyl (C=O) groups is 2. The van der Waals surface area contributed by atoms with Gasteiger partial charge < -0.3 is 4.74 Å². The van der Waals surface area contributed by atoms with Crippen molar-refractivity contribution in [3.63, 3.8) is 0 Å². The highest BCUT2D eigenvalue weighted by Gasteiger charge is 2.29. The third-order valence-corrected chi connectivity index (χ3v) is 5.38. The normalized spacial score (nSPS) is 19.1. The second-order valence-corrected chi connectivity index (χ2v) is 7.98. The van der Waals surface area contributed by atoms with Gasteiger partial charge in [-0.05, 0) is 30.5 Å². The van der Waals surface area contributed by atoms with E-state index in [0.29, 0.717) is 17.2 Å². The Hall–Kier alpha value is -1.80. The van der Waals surface area contributed by atoms with E-state index in [0.717, 1.165) is 0 Å². The first-order chi connectivity index (χ1) is 10.8. The number of hydrogen-bond donors (Lipinski definition) is 2. The van der Waals surface area contributed by atoms with Crippen LogP contribution in [-0.4, -0.2) is 38.3 Å². The predicted molar refractivity (Wildman–Crippen MR) is 84.6 cm³/mol. The van der Waals surface area contributed by atoms with Crippen LogP contribution in [0.25, 0.3) is 0 Å². The van der Waals surface area contributed by atoms with E-state index in [9.17, 15) is 18.0 Å². The third kappa shape index (κ3) is 6.07. The van der Waals surface area contributed by atoms with Crippen LogP contribution in [0.15, 0.2) is 24.3 Å². The molecule has 1 aromatic carbocycles. The fourth-order valence-corrected chi connectivity index (χ4v) is 4.27. The summed E-state index contributed by atoms with van der Waals surface area (Å²) in [5, 5.41) is 0.489. The highest BCUT2D eigenvalue weighted by Crippen LogP contribution is 2.21. The van der Waals surface area contributed by atoms with Gasteiger partial charge in [-0.3, -0.25) is 20.4 Å². The van der Waals surface area contributed by atoms with Crippen molar-refractivity contribution in [1.82, 2.24) is 10.9 Å². The van der Waals surface area contributed by atoms with Crippen LogP contribution in [-0.2, 0) is 19.4 Å². The molecule has 0 spiro atoms. The van der Waals surface area contributed by atoms with Gasteiger partial charge in [0.05, 0.1) is 11.5 Å². The molecule has 0 aromatic heterocycles. The van der Waals surface area contributed by atoms with E-state index in [-0.39, 0.29) is 30.5 Å². The molecule has 9 heteroatoms. The summed E-state index contributed by atoms with van der Waals surface area (Å²) in [6, 6.07) is 6.58. The maximum absolute atomic E-state index is 11.7. The molecule has 1 heterocycles. The molecule has 0 aliphatic carbocycles. The lowest BCUT2D eigenvalue weighted by atomic mass is 10.1. The van der Waals surface area contributed by atoms with Crippen LogP contribution in [0.5, 0.6) is 5.75 Å². The molecule has 7 nitrogen and oxygen atoms in total. The molecule has 1 unspecified atom stereocenters. The van der Waals surface area contributed by atoms with Crippen LogP contribution in [0.4, 0.5) is 0 Å². The molecule has 0 radical (unpaired) electrons. The summed E-state index contributed by atoms with van der Waals surface area (Å²) < 4.78 is 27.8. The van der Waals surface area contributed by atoms with Crippen molar-refractivity contribution in [1.29, 1.82) is 0 Å². The van der Waals surface area contributed by atoms with Crippen molar-refractivity contribution in [2.45, 2.75) is 12.8 Å². The number of ether oxygens (including phenoxy) is 1. The Bertz CT molecular complexity index is 692. The number of hydrogen-bond acceptors (Lipinski definition) is 5. The molecule has 1 fully saturated rings. The summed E-state index contributed by atoms with van der Waals surface area (Å²) in [4.78, 5) is 23.2. The summed E-state index contributed by atoms with van der Waals surface area (Å²) in [7, 11) is -3.01. The van der Waals surface area contributed by atoms with Crippen molar-refractivity contribution >= 4 is 33.3 Å². The standard InChI is InChI=1S/C14H17ClN2O5S/c15-11-2-1-3-12(7-11)22-8-14(19)17-16-13(18)6-10-4-5-23(20,21)9-10/h1-3,7,10H,4-6,8-9H2,(H,16,18)(H,17,19). The van der Waals surface area contributed by atoms with Crippen LogP contribution < -0.4 is 15.6 Å². The monoisotopic (exact) mass is 360 g/mol. The zero-order valence-electron chi connectivity index (χ0n) is 12.2. The summed E-state index contributed by atoms with van der Waals surface area (Å²) in [6.45, 7) is -0.279. The van der Waals surface area contributed by atoms with Crippen molar-refractivity contribution < 1.29 is 22.7 Å². The minimum Gasteiger partial charge on any atom is -0.484 e. The first kappa shape index (κ1) is 17.6. The Balaban J connectivity index is 1.67. The van der Waals surface area contributed by atoms with E-state index in [1.165, 1.54) is 0 Å². The van der Waals surface area contributed by atoms with Gasteiger partial charge in [-0.25, -0.2) is 8.42 Å². The summed E-state index contributed by atoms with van der Waals surface area (Å²) in [5.41, 5.74) is 4.46. The Labute approximate surface area is 139 Å². The Morgan fingerprint density at radius 1 is 1.26 bits per heavy atom.